The van der Waals surface area contributed by atoms with Crippen LogP contribution < -0.4 is 0 Å². The average molecular weight is 388 g/mol. The first kappa shape index (κ1) is 15.8. The van der Waals surface area contributed by atoms with Crippen molar-refractivity contribution in [3.63, 3.8) is 0 Å². The summed E-state index contributed by atoms with van der Waals surface area (Å²) in [5.74, 6) is -0.0543. The molecule has 20 heavy (non-hydrogen) atoms. The number of hydrogen-bond donors (Lipinski definition) is 0. The molecule has 0 amide bonds. The molecule has 2 rings (SSSR count). The largest absolute Gasteiger partial charge is 0.462 e. The van der Waals surface area contributed by atoms with Gasteiger partial charge in [-0.25, -0.2) is 0 Å². The summed E-state index contributed by atoms with van der Waals surface area (Å²) < 4.78 is 11.8. The van der Waals surface area contributed by atoms with E-state index in [0.717, 1.165) is 25.7 Å². The Hall–Kier alpha value is -0.620. The van der Waals surface area contributed by atoms with Gasteiger partial charge in [0.05, 0.1) is 13.2 Å². The molecule has 1 saturated heterocycles. The number of esters is 1. The maximum atomic E-state index is 11.5. The van der Waals surface area contributed by atoms with Crippen molar-refractivity contribution in [1.82, 2.24) is 0 Å². The van der Waals surface area contributed by atoms with Crippen LogP contribution in [0.5, 0.6) is 0 Å². The van der Waals surface area contributed by atoms with Crippen molar-refractivity contribution in [3.8, 4) is 0 Å². The number of halogens is 1. The summed E-state index contributed by atoms with van der Waals surface area (Å²) in [5, 5.41) is 0. The van der Waals surface area contributed by atoms with Gasteiger partial charge in [0.2, 0.25) is 0 Å². The predicted octanol–water partition coefficient (Wildman–Crippen LogP) is 3.88. The third-order valence-electron chi connectivity index (χ3n) is 3.41. The number of rotatable bonds is 5. The fraction of sp³-hybridized carbons (Fsp3) is 0.562. The van der Waals surface area contributed by atoms with Gasteiger partial charge in [0.15, 0.2) is 0 Å². The summed E-state index contributed by atoms with van der Waals surface area (Å²) in [4.78, 5) is 11.5. The Bertz CT molecular complexity index is 407. The minimum Gasteiger partial charge on any atom is -0.462 e. The molecule has 110 valence electrons. The highest BCUT2D eigenvalue weighted by Crippen LogP contribution is 2.23. The van der Waals surface area contributed by atoms with E-state index in [4.69, 9.17) is 9.47 Å². The third kappa shape index (κ3) is 5.79. The number of ether oxygens (including phenoxy) is 2. The molecule has 1 aliphatic heterocycles. The molecule has 1 aromatic carbocycles. The Balaban J connectivity index is 1.70. The summed E-state index contributed by atoms with van der Waals surface area (Å²) in [6, 6.07) is 10.1. The second-order valence-corrected chi connectivity index (χ2v) is 6.93. The molecule has 0 spiro atoms. The highest BCUT2D eigenvalue weighted by atomic mass is 127. The van der Waals surface area contributed by atoms with Crippen molar-refractivity contribution in [2.75, 3.05) is 6.61 Å². The maximum absolute atomic E-state index is 11.5. The van der Waals surface area contributed by atoms with Crippen LogP contribution in [-0.2, 0) is 20.9 Å². The summed E-state index contributed by atoms with van der Waals surface area (Å²) in [6.45, 7) is 1.26. The van der Waals surface area contributed by atoms with Gasteiger partial charge in [-0.3, -0.25) is 4.79 Å². The van der Waals surface area contributed by atoms with Gasteiger partial charge in [0.25, 0.3) is 0 Å². The zero-order valence-corrected chi connectivity index (χ0v) is 13.8. The minimum absolute atomic E-state index is 0.0143. The summed E-state index contributed by atoms with van der Waals surface area (Å²) in [5.41, 5.74) is 1.17. The molecule has 0 bridgehead atoms. The van der Waals surface area contributed by atoms with Crippen molar-refractivity contribution in [3.05, 3.63) is 35.9 Å². The fourth-order valence-electron chi connectivity index (χ4n) is 2.32. The van der Waals surface area contributed by atoms with Crippen molar-refractivity contribution in [2.24, 2.45) is 0 Å². The zero-order valence-electron chi connectivity index (χ0n) is 11.6. The Morgan fingerprint density at radius 2 is 2.10 bits per heavy atom. The zero-order chi connectivity index (χ0) is 14.2. The van der Waals surface area contributed by atoms with E-state index in [-0.39, 0.29) is 12.1 Å². The van der Waals surface area contributed by atoms with Gasteiger partial charge in [-0.2, -0.15) is 0 Å². The minimum atomic E-state index is -0.0543. The maximum Gasteiger partial charge on any atom is 0.306 e. The van der Waals surface area contributed by atoms with Gasteiger partial charge in [0, 0.05) is 16.8 Å². The van der Waals surface area contributed by atoms with E-state index in [1.165, 1.54) is 5.56 Å². The topological polar surface area (TPSA) is 35.5 Å². The Morgan fingerprint density at radius 1 is 1.30 bits per heavy atom. The van der Waals surface area contributed by atoms with Crippen molar-refractivity contribution < 1.29 is 14.3 Å². The van der Waals surface area contributed by atoms with E-state index >= 15 is 0 Å². The quantitative estimate of drug-likeness (QED) is 0.332. The van der Waals surface area contributed by atoms with E-state index in [2.05, 4.69) is 34.7 Å². The van der Waals surface area contributed by atoms with Gasteiger partial charge < -0.3 is 9.47 Å². The lowest BCUT2D eigenvalue weighted by Crippen LogP contribution is -2.25. The lowest BCUT2D eigenvalue weighted by Gasteiger charge is -2.23. The summed E-state index contributed by atoms with van der Waals surface area (Å²) in [7, 11) is 0. The van der Waals surface area contributed by atoms with Crippen LogP contribution in [0.25, 0.3) is 0 Å². The van der Waals surface area contributed by atoms with Crippen LogP contribution in [0.15, 0.2) is 30.3 Å². The SMILES string of the molecule is O=C1CCC[C@@H](I)C[C@@H](CCOCc2ccccc2)O1. The second kappa shape index (κ2) is 8.62. The molecule has 0 unspecified atom stereocenters. The molecule has 0 radical (unpaired) electrons. The molecular weight excluding hydrogens is 367 g/mol. The van der Waals surface area contributed by atoms with Gasteiger partial charge >= 0.3 is 5.97 Å². The molecule has 0 saturated carbocycles. The smallest absolute Gasteiger partial charge is 0.306 e. The molecular formula is C16H21IO3. The third-order valence-corrected chi connectivity index (χ3v) is 4.54. The van der Waals surface area contributed by atoms with E-state index in [1.54, 1.807) is 0 Å². The van der Waals surface area contributed by atoms with Crippen LogP contribution in [0.3, 0.4) is 0 Å². The van der Waals surface area contributed by atoms with Crippen LogP contribution in [-0.4, -0.2) is 22.6 Å². The van der Waals surface area contributed by atoms with Gasteiger partial charge in [-0.15, -0.1) is 0 Å². The Morgan fingerprint density at radius 3 is 2.90 bits per heavy atom. The monoisotopic (exact) mass is 388 g/mol. The van der Waals surface area contributed by atoms with Crippen LogP contribution in [0.4, 0.5) is 0 Å². The summed E-state index contributed by atoms with van der Waals surface area (Å²) >= 11 is 2.46. The Kier molecular flexibility index (Phi) is 6.79. The fourth-order valence-corrected chi connectivity index (χ4v) is 3.33. The van der Waals surface area contributed by atoms with Crippen molar-refractivity contribution in [1.29, 1.82) is 0 Å². The number of hydrogen-bond acceptors (Lipinski definition) is 3. The first-order valence-electron chi connectivity index (χ1n) is 7.19. The van der Waals surface area contributed by atoms with Gasteiger partial charge in [-0.1, -0.05) is 52.9 Å². The first-order valence-corrected chi connectivity index (χ1v) is 8.44. The van der Waals surface area contributed by atoms with E-state index < -0.39 is 0 Å². The molecule has 1 fully saturated rings. The predicted molar refractivity (Wildman–Crippen MR) is 86.9 cm³/mol. The molecule has 3 nitrogen and oxygen atoms in total. The molecule has 1 aliphatic rings. The van der Waals surface area contributed by atoms with E-state index in [0.29, 0.717) is 23.6 Å². The average Bonchev–Trinajstić information content (AvgIpc) is 2.43. The molecule has 2 atom stereocenters. The molecule has 0 aliphatic carbocycles. The van der Waals surface area contributed by atoms with Crippen molar-refractivity contribution >= 4 is 28.6 Å². The molecule has 1 heterocycles. The van der Waals surface area contributed by atoms with Gasteiger partial charge in [-0.05, 0) is 24.8 Å². The number of cyclic esters (lactones) is 1. The number of carbonyl (C=O) groups is 1. The number of alkyl halides is 1. The second-order valence-electron chi connectivity index (χ2n) is 5.16. The standard InChI is InChI=1S/C16H21IO3/c17-14-7-4-8-16(18)20-15(11-14)9-10-19-12-13-5-2-1-3-6-13/h1-3,5-6,14-15H,4,7-12H2/t14-,15-/m1/s1. The van der Waals surface area contributed by atoms with Crippen LogP contribution in [0.2, 0.25) is 0 Å². The normalized spacial score (nSPS) is 23.8. The van der Waals surface area contributed by atoms with E-state index in [1.807, 2.05) is 18.2 Å². The van der Waals surface area contributed by atoms with Gasteiger partial charge in [0.1, 0.15) is 6.10 Å². The lowest BCUT2D eigenvalue weighted by atomic mass is 10.0. The van der Waals surface area contributed by atoms with Crippen LogP contribution >= 0.6 is 22.6 Å². The number of carbonyl (C=O) groups excluding carboxylic acids is 1. The molecule has 1 aromatic rings. The highest BCUT2D eigenvalue weighted by Gasteiger charge is 2.21. The first-order chi connectivity index (χ1) is 9.74. The highest BCUT2D eigenvalue weighted by molar-refractivity contribution is 14.1. The van der Waals surface area contributed by atoms with E-state index in [9.17, 15) is 4.79 Å². The molecule has 4 heteroatoms. The lowest BCUT2D eigenvalue weighted by molar-refractivity contribution is -0.151. The van der Waals surface area contributed by atoms with Crippen LogP contribution in [0, 0.1) is 0 Å². The van der Waals surface area contributed by atoms with Crippen LogP contribution in [0.1, 0.15) is 37.7 Å². The van der Waals surface area contributed by atoms with Crippen molar-refractivity contribution in [2.45, 2.75) is 48.7 Å². The number of benzene rings is 1. The Labute approximate surface area is 134 Å². The molecule has 0 N–H and O–H groups in total. The summed E-state index contributed by atoms with van der Waals surface area (Å²) in [6.07, 6.45) is 4.36. The molecule has 0 aromatic heterocycles.